The highest BCUT2D eigenvalue weighted by Gasteiger charge is 2.22. The first-order chi connectivity index (χ1) is 12.8. The number of para-hydroxylation sites is 1. The predicted molar refractivity (Wildman–Crippen MR) is 107 cm³/mol. The third kappa shape index (κ3) is 3.53. The summed E-state index contributed by atoms with van der Waals surface area (Å²) in [7, 11) is 1.85. The number of ether oxygens (including phenoxy) is 1. The quantitative estimate of drug-likeness (QED) is 0.682. The van der Waals surface area contributed by atoms with Crippen molar-refractivity contribution in [1.29, 1.82) is 0 Å². The lowest BCUT2D eigenvalue weighted by Crippen LogP contribution is -2.40. The third-order valence-corrected chi connectivity index (χ3v) is 5.12. The van der Waals surface area contributed by atoms with E-state index in [2.05, 4.69) is 68.6 Å². The number of anilines is 2. The zero-order valence-electron chi connectivity index (χ0n) is 15.3. The first-order valence-electron chi connectivity index (χ1n) is 9.33. The summed E-state index contributed by atoms with van der Waals surface area (Å²) in [6.07, 6.45) is 1.07. The van der Waals surface area contributed by atoms with Crippen molar-refractivity contribution in [2.24, 2.45) is 4.99 Å². The molecule has 2 aromatic carbocycles. The van der Waals surface area contributed by atoms with Crippen molar-refractivity contribution in [2.75, 3.05) is 49.7 Å². The van der Waals surface area contributed by atoms with Gasteiger partial charge in [-0.05, 0) is 35.7 Å². The molecule has 2 aliphatic rings. The van der Waals surface area contributed by atoms with Crippen LogP contribution in [0.1, 0.15) is 11.1 Å². The second-order valence-electron chi connectivity index (χ2n) is 6.70. The van der Waals surface area contributed by atoms with Gasteiger partial charge in [-0.2, -0.15) is 0 Å². The molecule has 0 saturated carbocycles. The fourth-order valence-electron chi connectivity index (χ4n) is 3.68. The number of nitrogens with zero attached hydrogens (tertiary/aromatic N) is 3. The van der Waals surface area contributed by atoms with Gasteiger partial charge in [-0.25, -0.2) is 0 Å². The molecule has 5 nitrogen and oxygen atoms in total. The molecule has 5 heteroatoms. The Labute approximate surface area is 155 Å². The number of hydrogen-bond donors (Lipinski definition) is 1. The molecule has 0 unspecified atom stereocenters. The maximum atomic E-state index is 5.43. The van der Waals surface area contributed by atoms with E-state index in [0.717, 1.165) is 51.8 Å². The Hall–Kier alpha value is -2.53. The van der Waals surface area contributed by atoms with Crippen LogP contribution >= 0.6 is 0 Å². The van der Waals surface area contributed by atoms with Crippen molar-refractivity contribution in [3.63, 3.8) is 0 Å². The molecule has 2 aromatic rings. The van der Waals surface area contributed by atoms with E-state index in [0.29, 0.717) is 0 Å². The molecule has 0 bridgehead atoms. The van der Waals surface area contributed by atoms with Gasteiger partial charge in [-0.3, -0.25) is 4.99 Å². The van der Waals surface area contributed by atoms with Crippen LogP contribution in [0.5, 0.6) is 0 Å². The van der Waals surface area contributed by atoms with E-state index in [-0.39, 0.29) is 0 Å². The van der Waals surface area contributed by atoms with Gasteiger partial charge in [0.2, 0.25) is 0 Å². The van der Waals surface area contributed by atoms with Crippen LogP contribution in [0, 0.1) is 0 Å². The molecule has 2 aliphatic heterocycles. The van der Waals surface area contributed by atoms with Crippen molar-refractivity contribution in [3.05, 3.63) is 59.7 Å². The minimum Gasteiger partial charge on any atom is -0.378 e. The highest BCUT2D eigenvalue weighted by atomic mass is 16.5. The van der Waals surface area contributed by atoms with Crippen molar-refractivity contribution in [2.45, 2.75) is 13.0 Å². The van der Waals surface area contributed by atoms with Crippen LogP contribution in [0.2, 0.25) is 0 Å². The van der Waals surface area contributed by atoms with Gasteiger partial charge in [0, 0.05) is 44.6 Å². The van der Waals surface area contributed by atoms with Crippen LogP contribution in [0.15, 0.2) is 53.5 Å². The van der Waals surface area contributed by atoms with Gasteiger partial charge in [0.15, 0.2) is 5.96 Å². The molecule has 1 fully saturated rings. The molecular formula is C21H26N4O. The molecule has 4 rings (SSSR count). The highest BCUT2D eigenvalue weighted by Crippen LogP contribution is 2.27. The summed E-state index contributed by atoms with van der Waals surface area (Å²) in [5.41, 5.74) is 5.19. The fourth-order valence-corrected chi connectivity index (χ4v) is 3.68. The number of benzene rings is 2. The highest BCUT2D eigenvalue weighted by molar-refractivity contribution is 5.97. The molecule has 0 radical (unpaired) electrons. The molecule has 1 N–H and O–H groups in total. The van der Waals surface area contributed by atoms with E-state index in [4.69, 9.17) is 4.74 Å². The molecular weight excluding hydrogens is 324 g/mol. The lowest BCUT2D eigenvalue weighted by molar-refractivity contribution is 0.122. The molecule has 0 spiro atoms. The molecule has 0 amide bonds. The second kappa shape index (κ2) is 7.79. The lowest BCUT2D eigenvalue weighted by Gasteiger charge is -2.29. The lowest BCUT2D eigenvalue weighted by atomic mass is 10.2. The maximum absolute atomic E-state index is 5.43. The van der Waals surface area contributed by atoms with Crippen LogP contribution in [-0.4, -0.2) is 45.9 Å². The molecule has 136 valence electrons. The van der Waals surface area contributed by atoms with Gasteiger partial charge in [0.25, 0.3) is 0 Å². The van der Waals surface area contributed by atoms with Gasteiger partial charge < -0.3 is 19.9 Å². The summed E-state index contributed by atoms with van der Waals surface area (Å²) in [4.78, 5) is 9.14. The van der Waals surface area contributed by atoms with E-state index in [9.17, 15) is 0 Å². The standard InChI is InChI=1S/C21H26N4O/c1-22-21(25-11-10-18-4-2-3-5-20(18)25)23-16-17-6-8-19(9-7-17)24-12-14-26-15-13-24/h2-9H,10-16H2,1H3,(H,22,23). The summed E-state index contributed by atoms with van der Waals surface area (Å²) < 4.78 is 5.43. The number of aliphatic imine (C=N–C) groups is 1. The van der Waals surface area contributed by atoms with Crippen molar-refractivity contribution in [3.8, 4) is 0 Å². The largest absolute Gasteiger partial charge is 0.378 e. The second-order valence-corrected chi connectivity index (χ2v) is 6.70. The first-order valence-corrected chi connectivity index (χ1v) is 9.33. The topological polar surface area (TPSA) is 40.1 Å². The number of rotatable bonds is 3. The zero-order chi connectivity index (χ0) is 17.8. The Morgan fingerprint density at radius 3 is 2.58 bits per heavy atom. The Kier molecular flexibility index (Phi) is 5.07. The summed E-state index contributed by atoms with van der Waals surface area (Å²) in [6, 6.07) is 17.4. The average molecular weight is 350 g/mol. The normalized spacial score (nSPS) is 17.3. The zero-order valence-corrected chi connectivity index (χ0v) is 15.3. The van der Waals surface area contributed by atoms with E-state index in [1.807, 2.05) is 7.05 Å². The van der Waals surface area contributed by atoms with Gasteiger partial charge in [-0.15, -0.1) is 0 Å². The number of hydrogen-bond acceptors (Lipinski definition) is 3. The minimum atomic E-state index is 0.773. The van der Waals surface area contributed by atoms with Gasteiger partial charge in [0.05, 0.1) is 13.2 Å². The van der Waals surface area contributed by atoms with E-state index >= 15 is 0 Å². The number of nitrogens with one attached hydrogen (secondary N) is 1. The van der Waals surface area contributed by atoms with Crippen LogP contribution < -0.4 is 15.1 Å². The Morgan fingerprint density at radius 2 is 1.81 bits per heavy atom. The van der Waals surface area contributed by atoms with E-state index in [1.54, 1.807) is 0 Å². The maximum Gasteiger partial charge on any atom is 0.198 e. The number of fused-ring (bicyclic) bond motifs is 1. The summed E-state index contributed by atoms with van der Waals surface area (Å²) in [5, 5.41) is 3.51. The number of morpholine rings is 1. The van der Waals surface area contributed by atoms with E-state index in [1.165, 1.54) is 22.5 Å². The van der Waals surface area contributed by atoms with Crippen LogP contribution in [0.3, 0.4) is 0 Å². The van der Waals surface area contributed by atoms with Gasteiger partial charge >= 0.3 is 0 Å². The predicted octanol–water partition coefficient (Wildman–Crippen LogP) is 2.66. The molecule has 26 heavy (non-hydrogen) atoms. The summed E-state index contributed by atoms with van der Waals surface area (Å²) in [5.74, 6) is 0.937. The third-order valence-electron chi connectivity index (χ3n) is 5.12. The van der Waals surface area contributed by atoms with Crippen LogP contribution in [0.25, 0.3) is 0 Å². The summed E-state index contributed by atoms with van der Waals surface area (Å²) in [6.45, 7) is 5.33. The number of guanidine groups is 1. The van der Waals surface area contributed by atoms with Crippen LogP contribution in [0.4, 0.5) is 11.4 Å². The Balaban J connectivity index is 1.38. The Bertz CT molecular complexity index is 766. The SMILES string of the molecule is CN=C(NCc1ccc(N2CCOCC2)cc1)N1CCc2ccccc21. The van der Waals surface area contributed by atoms with Crippen molar-refractivity contribution >= 4 is 17.3 Å². The van der Waals surface area contributed by atoms with Gasteiger partial charge in [-0.1, -0.05) is 30.3 Å². The van der Waals surface area contributed by atoms with Crippen LogP contribution in [-0.2, 0) is 17.7 Å². The molecule has 0 aromatic heterocycles. The Morgan fingerprint density at radius 1 is 1.04 bits per heavy atom. The van der Waals surface area contributed by atoms with Gasteiger partial charge in [0.1, 0.15) is 0 Å². The molecule has 1 saturated heterocycles. The molecule has 0 atom stereocenters. The first kappa shape index (κ1) is 16.9. The minimum absolute atomic E-state index is 0.773. The molecule has 0 aliphatic carbocycles. The smallest absolute Gasteiger partial charge is 0.198 e. The van der Waals surface area contributed by atoms with Crippen molar-refractivity contribution in [1.82, 2.24) is 5.32 Å². The fraction of sp³-hybridized carbons (Fsp3) is 0.381. The molecule has 2 heterocycles. The summed E-state index contributed by atoms with van der Waals surface area (Å²) >= 11 is 0. The monoisotopic (exact) mass is 350 g/mol. The van der Waals surface area contributed by atoms with E-state index < -0.39 is 0 Å². The van der Waals surface area contributed by atoms with Crippen molar-refractivity contribution < 1.29 is 4.74 Å². The average Bonchev–Trinajstić information content (AvgIpc) is 3.14.